The molecular weight excluding hydrogens is 405 g/mol. The molecule has 0 bridgehead atoms. The van der Waals surface area contributed by atoms with E-state index < -0.39 is 0 Å². The summed E-state index contributed by atoms with van der Waals surface area (Å²) in [7, 11) is 3.14. The molecule has 10 heteroatoms. The molecule has 0 amide bonds. The predicted molar refractivity (Wildman–Crippen MR) is 106 cm³/mol. The quantitative estimate of drug-likeness (QED) is 0.482. The van der Waals surface area contributed by atoms with Gasteiger partial charge in [0.15, 0.2) is 5.69 Å². The van der Waals surface area contributed by atoms with E-state index in [1.54, 1.807) is 49.2 Å². The minimum Gasteiger partial charge on any atom is -0.497 e. The summed E-state index contributed by atoms with van der Waals surface area (Å²) in [5.41, 5.74) is 2.72. The minimum atomic E-state index is -0.288. The Hall–Kier alpha value is -3.79. The van der Waals surface area contributed by atoms with Gasteiger partial charge in [0.05, 0.1) is 38.6 Å². The van der Waals surface area contributed by atoms with Crippen LogP contribution >= 0.6 is 0 Å². The number of nitrogens with zero attached hydrogens (tertiary/aromatic N) is 5. The lowest BCUT2D eigenvalue weighted by atomic mass is 10.1. The largest absolute Gasteiger partial charge is 0.497 e. The molecule has 2 aromatic heterocycles. The SMILES string of the molecule is COc1ccc(-c2noc(-c3nnn4c3COC(c3ccc(F)cc3)C4)n2)c(OC)c1. The number of fused-ring (bicyclic) bond motifs is 1. The van der Waals surface area contributed by atoms with Crippen molar-refractivity contribution in [3.8, 4) is 34.5 Å². The van der Waals surface area contributed by atoms with E-state index in [9.17, 15) is 4.39 Å². The van der Waals surface area contributed by atoms with Crippen molar-refractivity contribution in [2.45, 2.75) is 19.3 Å². The van der Waals surface area contributed by atoms with Gasteiger partial charge in [0.25, 0.3) is 5.89 Å². The third kappa shape index (κ3) is 3.50. The number of rotatable bonds is 5. The Morgan fingerprint density at radius 1 is 1.10 bits per heavy atom. The zero-order valence-corrected chi connectivity index (χ0v) is 16.8. The summed E-state index contributed by atoms with van der Waals surface area (Å²) >= 11 is 0. The molecular formula is C21H18FN5O4. The second-order valence-electron chi connectivity index (χ2n) is 6.91. The molecule has 3 heterocycles. The van der Waals surface area contributed by atoms with E-state index in [0.717, 1.165) is 11.3 Å². The van der Waals surface area contributed by atoms with Gasteiger partial charge in [-0.05, 0) is 29.8 Å². The van der Waals surface area contributed by atoms with E-state index in [1.807, 2.05) is 0 Å². The van der Waals surface area contributed by atoms with E-state index >= 15 is 0 Å². The van der Waals surface area contributed by atoms with Crippen LogP contribution in [0.3, 0.4) is 0 Å². The zero-order chi connectivity index (χ0) is 21.4. The fraction of sp³-hybridized carbons (Fsp3) is 0.238. The summed E-state index contributed by atoms with van der Waals surface area (Å²) < 4.78 is 37.0. The number of halogens is 1. The van der Waals surface area contributed by atoms with E-state index in [0.29, 0.717) is 35.1 Å². The van der Waals surface area contributed by atoms with Gasteiger partial charge in [0, 0.05) is 6.07 Å². The number of hydrogen-bond acceptors (Lipinski definition) is 8. The van der Waals surface area contributed by atoms with Crippen LogP contribution in [0.4, 0.5) is 4.39 Å². The number of benzene rings is 2. The molecule has 5 rings (SSSR count). The Morgan fingerprint density at radius 2 is 1.94 bits per heavy atom. The Kier molecular flexibility index (Phi) is 4.83. The number of aromatic nitrogens is 5. The van der Waals surface area contributed by atoms with Crippen LogP contribution in [-0.2, 0) is 17.9 Å². The highest BCUT2D eigenvalue weighted by molar-refractivity contribution is 5.67. The first-order valence-electron chi connectivity index (χ1n) is 9.52. The van der Waals surface area contributed by atoms with Gasteiger partial charge in [-0.2, -0.15) is 4.98 Å². The third-order valence-electron chi connectivity index (χ3n) is 5.12. The highest BCUT2D eigenvalue weighted by atomic mass is 19.1. The Balaban J connectivity index is 1.42. The Labute approximate surface area is 176 Å². The molecule has 4 aromatic rings. The van der Waals surface area contributed by atoms with Crippen LogP contribution in [0.1, 0.15) is 17.4 Å². The van der Waals surface area contributed by atoms with Crippen LogP contribution in [0.5, 0.6) is 11.5 Å². The molecule has 2 aromatic carbocycles. The van der Waals surface area contributed by atoms with Crippen LogP contribution in [0.25, 0.3) is 23.0 Å². The Bertz CT molecular complexity index is 1220. The van der Waals surface area contributed by atoms with Crippen molar-refractivity contribution >= 4 is 0 Å². The van der Waals surface area contributed by atoms with Gasteiger partial charge >= 0.3 is 0 Å². The van der Waals surface area contributed by atoms with Crippen molar-refractivity contribution in [2.75, 3.05) is 14.2 Å². The molecule has 1 unspecified atom stereocenters. The molecule has 9 nitrogen and oxygen atoms in total. The molecule has 0 spiro atoms. The van der Waals surface area contributed by atoms with Crippen LogP contribution in [-0.4, -0.2) is 39.4 Å². The van der Waals surface area contributed by atoms with E-state index in [2.05, 4.69) is 20.5 Å². The summed E-state index contributed by atoms with van der Waals surface area (Å²) in [5.74, 6) is 1.52. The van der Waals surface area contributed by atoms with Gasteiger partial charge in [-0.1, -0.05) is 22.5 Å². The maximum absolute atomic E-state index is 13.2. The fourth-order valence-corrected chi connectivity index (χ4v) is 3.47. The summed E-state index contributed by atoms with van der Waals surface area (Å²) in [6, 6.07) is 11.6. The lowest BCUT2D eigenvalue weighted by Crippen LogP contribution is -2.22. The van der Waals surface area contributed by atoms with Crippen molar-refractivity contribution in [1.29, 1.82) is 0 Å². The van der Waals surface area contributed by atoms with E-state index in [-0.39, 0.29) is 24.4 Å². The number of hydrogen-bond donors (Lipinski definition) is 0. The van der Waals surface area contributed by atoms with Crippen molar-refractivity contribution in [3.63, 3.8) is 0 Å². The summed E-state index contributed by atoms with van der Waals surface area (Å²) in [6.45, 7) is 0.704. The minimum absolute atomic E-state index is 0.234. The van der Waals surface area contributed by atoms with Crippen molar-refractivity contribution in [2.24, 2.45) is 0 Å². The maximum atomic E-state index is 13.2. The molecule has 1 aliphatic heterocycles. The average molecular weight is 423 g/mol. The van der Waals surface area contributed by atoms with Gasteiger partial charge < -0.3 is 18.7 Å². The molecule has 0 saturated carbocycles. The Morgan fingerprint density at radius 3 is 2.71 bits per heavy atom. The van der Waals surface area contributed by atoms with Gasteiger partial charge in [-0.25, -0.2) is 9.07 Å². The normalized spacial score (nSPS) is 15.5. The molecule has 0 radical (unpaired) electrons. The highest BCUT2D eigenvalue weighted by Crippen LogP contribution is 2.34. The summed E-state index contributed by atoms with van der Waals surface area (Å²) in [4.78, 5) is 4.47. The third-order valence-corrected chi connectivity index (χ3v) is 5.12. The average Bonchev–Trinajstić information content (AvgIpc) is 3.45. The maximum Gasteiger partial charge on any atom is 0.280 e. The first kappa shape index (κ1) is 19.2. The smallest absolute Gasteiger partial charge is 0.280 e. The summed E-state index contributed by atoms with van der Waals surface area (Å²) in [6.07, 6.45) is -0.246. The van der Waals surface area contributed by atoms with Gasteiger partial charge in [-0.15, -0.1) is 5.10 Å². The monoisotopic (exact) mass is 423 g/mol. The molecule has 1 aliphatic rings. The van der Waals surface area contributed by atoms with Gasteiger partial charge in [0.2, 0.25) is 5.82 Å². The topological polar surface area (TPSA) is 97.3 Å². The molecule has 0 saturated heterocycles. The molecule has 0 fully saturated rings. The second kappa shape index (κ2) is 7.80. The lowest BCUT2D eigenvalue weighted by molar-refractivity contribution is -0.00120. The first-order valence-corrected chi connectivity index (χ1v) is 9.52. The van der Waals surface area contributed by atoms with E-state index in [4.69, 9.17) is 18.7 Å². The molecule has 0 aliphatic carbocycles. The highest BCUT2D eigenvalue weighted by Gasteiger charge is 2.28. The van der Waals surface area contributed by atoms with Crippen molar-refractivity contribution in [1.82, 2.24) is 25.1 Å². The van der Waals surface area contributed by atoms with Crippen LogP contribution < -0.4 is 9.47 Å². The van der Waals surface area contributed by atoms with E-state index in [1.165, 1.54) is 12.1 Å². The summed E-state index contributed by atoms with van der Waals surface area (Å²) in [5, 5.41) is 12.5. The second-order valence-corrected chi connectivity index (χ2v) is 6.91. The van der Waals surface area contributed by atoms with Gasteiger partial charge in [-0.3, -0.25) is 0 Å². The van der Waals surface area contributed by atoms with Crippen LogP contribution in [0, 0.1) is 5.82 Å². The molecule has 158 valence electrons. The fourth-order valence-electron chi connectivity index (χ4n) is 3.47. The van der Waals surface area contributed by atoms with Crippen molar-refractivity contribution in [3.05, 3.63) is 59.5 Å². The standard InChI is InChI=1S/C21H18FN5O4/c1-28-14-7-8-15(17(9-14)29-2)20-23-21(31-25-20)19-16-11-30-18(10-27(16)26-24-19)12-3-5-13(22)6-4-12/h3-9,18H,10-11H2,1-2H3. The van der Waals surface area contributed by atoms with Crippen molar-refractivity contribution < 1.29 is 23.1 Å². The molecule has 31 heavy (non-hydrogen) atoms. The van der Waals surface area contributed by atoms with Crippen LogP contribution in [0.2, 0.25) is 0 Å². The first-order chi connectivity index (χ1) is 15.2. The molecule has 1 atom stereocenters. The number of methoxy groups -OCH3 is 2. The zero-order valence-electron chi connectivity index (χ0n) is 16.8. The number of ether oxygens (including phenoxy) is 3. The lowest BCUT2D eigenvalue weighted by Gasteiger charge is -2.24. The molecule has 0 N–H and O–H groups in total. The van der Waals surface area contributed by atoms with Gasteiger partial charge in [0.1, 0.15) is 23.4 Å². The predicted octanol–water partition coefficient (Wildman–Crippen LogP) is 3.42. The van der Waals surface area contributed by atoms with Crippen LogP contribution in [0.15, 0.2) is 47.0 Å².